The zero-order chi connectivity index (χ0) is 34.5. The van der Waals surface area contributed by atoms with Crippen molar-refractivity contribution < 1.29 is 53.0 Å². The number of esters is 1. The van der Waals surface area contributed by atoms with Gasteiger partial charge in [0.15, 0.2) is 24.5 Å². The van der Waals surface area contributed by atoms with E-state index in [2.05, 4.69) is 0 Å². The second-order valence-electron chi connectivity index (χ2n) is 14.8. The summed E-state index contributed by atoms with van der Waals surface area (Å²) < 4.78 is 44.2. The SMILES string of the molecule is COC1(C)C[C@H](O[C@H]2[C@H](C)[C@@H](O[C@@H]3OC(C)CC(N(C)C)C3O)[C@@]3(C)CC(C)=C(O3)[C@H](C)[C@@H](C(C)=O)OC(=O)[C@@H]2C)OC(C)[C@@H]1O. The van der Waals surface area contributed by atoms with Gasteiger partial charge < -0.3 is 48.3 Å². The van der Waals surface area contributed by atoms with Gasteiger partial charge in [0.05, 0.1) is 35.7 Å². The first-order valence-electron chi connectivity index (χ1n) is 16.6. The lowest BCUT2D eigenvalue weighted by molar-refractivity contribution is -0.316. The highest BCUT2D eigenvalue weighted by Crippen LogP contribution is 2.47. The number of aliphatic hydroxyl groups excluding tert-OH is 2. The van der Waals surface area contributed by atoms with Crippen LogP contribution >= 0.6 is 0 Å². The summed E-state index contributed by atoms with van der Waals surface area (Å²) in [6, 6.07) is -0.202. The van der Waals surface area contributed by atoms with Crippen LogP contribution < -0.4 is 0 Å². The van der Waals surface area contributed by atoms with Crippen LogP contribution in [0.25, 0.3) is 0 Å². The molecular weight excluding hydrogens is 598 g/mol. The fourth-order valence-electron chi connectivity index (χ4n) is 7.93. The monoisotopic (exact) mass is 655 g/mol. The van der Waals surface area contributed by atoms with Crippen LogP contribution in [0.1, 0.15) is 81.6 Å². The lowest BCUT2D eigenvalue weighted by Gasteiger charge is -2.48. The van der Waals surface area contributed by atoms with E-state index < -0.39 is 84.1 Å². The Balaban J connectivity index is 1.79. The van der Waals surface area contributed by atoms with Crippen LogP contribution in [0.5, 0.6) is 0 Å². The van der Waals surface area contributed by atoms with E-state index in [4.69, 9.17) is 33.2 Å². The Kier molecular flexibility index (Phi) is 11.4. The normalized spacial score (nSPS) is 47.3. The Morgan fingerprint density at radius 1 is 1.02 bits per heavy atom. The summed E-state index contributed by atoms with van der Waals surface area (Å²) in [7, 11) is 5.36. The summed E-state index contributed by atoms with van der Waals surface area (Å²) in [6.45, 7) is 16.2. The average molecular weight is 656 g/mol. The molecule has 4 aliphatic heterocycles. The van der Waals surface area contributed by atoms with Gasteiger partial charge in [0.2, 0.25) is 0 Å². The number of hydrogen-bond acceptors (Lipinski definition) is 12. The van der Waals surface area contributed by atoms with E-state index in [-0.39, 0.29) is 24.3 Å². The summed E-state index contributed by atoms with van der Waals surface area (Å²) in [6.07, 6.45) is -5.84. The highest BCUT2D eigenvalue weighted by atomic mass is 16.7. The molecule has 0 aromatic rings. The first kappa shape index (κ1) is 37.2. The molecule has 2 bridgehead atoms. The predicted octanol–water partition coefficient (Wildman–Crippen LogP) is 2.96. The second kappa shape index (κ2) is 14.1. The van der Waals surface area contributed by atoms with Crippen molar-refractivity contribution >= 4 is 11.8 Å². The molecule has 0 spiro atoms. The summed E-state index contributed by atoms with van der Waals surface area (Å²) in [5, 5.41) is 22.3. The molecule has 2 N–H and O–H groups in total. The van der Waals surface area contributed by atoms with Gasteiger partial charge in [-0.2, -0.15) is 0 Å². The van der Waals surface area contributed by atoms with Gasteiger partial charge in [-0.15, -0.1) is 0 Å². The number of aliphatic hydroxyl groups is 2. The number of hydrogen-bond donors (Lipinski definition) is 2. The third-order valence-electron chi connectivity index (χ3n) is 10.7. The van der Waals surface area contributed by atoms with E-state index >= 15 is 0 Å². The number of carbonyl (C=O) groups excluding carboxylic acids is 2. The molecule has 15 atom stereocenters. The van der Waals surface area contributed by atoms with Gasteiger partial charge in [0, 0.05) is 31.9 Å². The van der Waals surface area contributed by atoms with Gasteiger partial charge >= 0.3 is 5.97 Å². The molecule has 264 valence electrons. The van der Waals surface area contributed by atoms with Crippen molar-refractivity contribution in [3.63, 3.8) is 0 Å². The number of rotatable bonds is 7. The Hall–Kier alpha value is -1.64. The number of methoxy groups -OCH3 is 1. The first-order valence-corrected chi connectivity index (χ1v) is 16.6. The summed E-state index contributed by atoms with van der Waals surface area (Å²) in [4.78, 5) is 28.7. The van der Waals surface area contributed by atoms with Crippen LogP contribution in [-0.2, 0) is 42.7 Å². The number of fused-ring (bicyclic) bond motifs is 2. The molecule has 4 heterocycles. The minimum absolute atomic E-state index is 0.181. The molecular formula is C34H57NO11. The Morgan fingerprint density at radius 3 is 2.26 bits per heavy atom. The van der Waals surface area contributed by atoms with Gasteiger partial charge in [0.1, 0.15) is 29.7 Å². The van der Waals surface area contributed by atoms with Crippen molar-refractivity contribution in [1.29, 1.82) is 0 Å². The Bertz CT molecular complexity index is 1150. The van der Waals surface area contributed by atoms with Gasteiger partial charge in [-0.3, -0.25) is 9.59 Å². The number of cyclic esters (lactones) is 1. The molecule has 0 radical (unpaired) electrons. The van der Waals surface area contributed by atoms with Crippen molar-refractivity contribution in [1.82, 2.24) is 4.90 Å². The zero-order valence-electron chi connectivity index (χ0n) is 29.6. The summed E-state index contributed by atoms with van der Waals surface area (Å²) in [5.41, 5.74) is -1.01. The van der Waals surface area contributed by atoms with Crippen molar-refractivity contribution in [2.75, 3.05) is 21.2 Å². The van der Waals surface area contributed by atoms with Gasteiger partial charge in [-0.1, -0.05) is 13.8 Å². The van der Waals surface area contributed by atoms with E-state index in [0.717, 1.165) is 5.57 Å². The molecule has 0 saturated carbocycles. The number of likely N-dealkylation sites (N-methyl/N-ethyl adjacent to an activating group) is 1. The third-order valence-corrected chi connectivity index (χ3v) is 10.7. The van der Waals surface area contributed by atoms with Crippen LogP contribution in [0.15, 0.2) is 11.3 Å². The lowest BCUT2D eigenvalue weighted by Crippen LogP contribution is -2.60. The Morgan fingerprint density at radius 2 is 1.67 bits per heavy atom. The molecule has 3 fully saturated rings. The van der Waals surface area contributed by atoms with Gasteiger partial charge in [0.25, 0.3) is 0 Å². The second-order valence-corrected chi connectivity index (χ2v) is 14.8. The smallest absolute Gasteiger partial charge is 0.312 e. The first-order chi connectivity index (χ1) is 21.3. The fraction of sp³-hybridized carbons (Fsp3) is 0.882. The molecule has 4 rings (SSSR count). The Labute approximate surface area is 274 Å². The van der Waals surface area contributed by atoms with E-state index in [9.17, 15) is 19.8 Å². The molecule has 0 amide bonds. The molecule has 46 heavy (non-hydrogen) atoms. The van der Waals surface area contributed by atoms with Crippen molar-refractivity contribution in [3.05, 3.63) is 11.3 Å². The van der Waals surface area contributed by atoms with Crippen molar-refractivity contribution in [2.24, 2.45) is 17.8 Å². The lowest BCUT2D eigenvalue weighted by atomic mass is 9.79. The largest absolute Gasteiger partial charge is 0.488 e. The minimum atomic E-state index is -1.06. The maximum Gasteiger partial charge on any atom is 0.312 e. The molecule has 0 aliphatic carbocycles. The number of ketones is 1. The van der Waals surface area contributed by atoms with E-state index in [1.807, 2.05) is 53.6 Å². The van der Waals surface area contributed by atoms with E-state index in [0.29, 0.717) is 18.6 Å². The maximum absolute atomic E-state index is 13.9. The third kappa shape index (κ3) is 7.19. The minimum Gasteiger partial charge on any atom is -0.488 e. The molecule has 0 aromatic carbocycles. The van der Waals surface area contributed by atoms with E-state index in [1.165, 1.54) is 14.0 Å². The van der Waals surface area contributed by atoms with Gasteiger partial charge in [-0.05, 0) is 74.6 Å². The summed E-state index contributed by atoms with van der Waals surface area (Å²) >= 11 is 0. The number of nitrogens with zero attached hydrogens (tertiary/aromatic N) is 1. The summed E-state index contributed by atoms with van der Waals surface area (Å²) in [5.74, 6) is -2.26. The van der Waals surface area contributed by atoms with Crippen molar-refractivity contribution in [3.8, 4) is 0 Å². The average Bonchev–Trinajstić information content (AvgIpc) is 3.29. The molecule has 5 unspecified atom stereocenters. The maximum atomic E-state index is 13.9. The predicted molar refractivity (Wildman–Crippen MR) is 167 cm³/mol. The molecule has 12 nitrogen and oxygen atoms in total. The molecule has 3 saturated heterocycles. The molecule has 4 aliphatic rings. The van der Waals surface area contributed by atoms with Crippen LogP contribution in [0, 0.1) is 17.8 Å². The van der Waals surface area contributed by atoms with Crippen LogP contribution in [-0.4, -0.2) is 121 Å². The standard InChI is InChI=1S/C34H57NO11/c1-16-14-34(9)30(45-32-25(37)23(35(10)11)13-17(2)41-32)19(4)27(43-24-15-33(8,40-12)29(38)22(7)42-24)20(5)31(39)44-28(21(6)36)18(3)26(16)46-34/h17-20,22-25,27-30,32,37-38H,13-15H2,1-12H3/t17?,18-,19-,20+,22?,23?,24-,25?,27-,28-,29-,30+,32-,33?,34+/m0/s1. The zero-order valence-corrected chi connectivity index (χ0v) is 29.6. The fourth-order valence-corrected chi connectivity index (χ4v) is 7.93. The number of carbonyl (C=O) groups is 2. The topological polar surface area (TPSA) is 142 Å². The quantitative estimate of drug-likeness (QED) is 0.390. The highest BCUT2D eigenvalue weighted by Gasteiger charge is 2.55. The van der Waals surface area contributed by atoms with Crippen LogP contribution in [0.3, 0.4) is 0 Å². The van der Waals surface area contributed by atoms with Crippen molar-refractivity contribution in [2.45, 2.75) is 154 Å². The van der Waals surface area contributed by atoms with Gasteiger partial charge in [-0.25, -0.2) is 0 Å². The molecule has 12 heteroatoms. The van der Waals surface area contributed by atoms with Crippen LogP contribution in [0.2, 0.25) is 0 Å². The number of Topliss-reactive ketones (excluding diaryl/α,β-unsaturated/α-hetero) is 1. The molecule has 0 aromatic heterocycles. The highest BCUT2D eigenvalue weighted by molar-refractivity contribution is 5.84. The number of ether oxygens (including phenoxy) is 7. The van der Waals surface area contributed by atoms with Crippen LogP contribution in [0.4, 0.5) is 0 Å². The van der Waals surface area contributed by atoms with E-state index in [1.54, 1.807) is 20.8 Å².